The van der Waals surface area contributed by atoms with Crippen LogP contribution in [0, 0.1) is 0 Å². The standard InChI is InChI=1S/C15H20N2O4/c1-3-12(15(20)21)17-14(19)13(16-10(2)18)9-11-7-5-4-6-8-11/h4-8,12-13H,3,9H2,1-2H3,(H,16,18)(H,17,19)(H,20,21)/t12-,13-/m0/s1. The highest BCUT2D eigenvalue weighted by atomic mass is 16.4. The Morgan fingerprint density at radius 2 is 1.71 bits per heavy atom. The van der Waals surface area contributed by atoms with Crippen molar-refractivity contribution in [3.63, 3.8) is 0 Å². The number of rotatable bonds is 7. The topological polar surface area (TPSA) is 95.5 Å². The van der Waals surface area contributed by atoms with Gasteiger partial charge in [-0.2, -0.15) is 0 Å². The monoisotopic (exact) mass is 292 g/mol. The first-order valence-corrected chi connectivity index (χ1v) is 6.78. The summed E-state index contributed by atoms with van der Waals surface area (Å²) in [7, 11) is 0. The van der Waals surface area contributed by atoms with Gasteiger partial charge in [0.25, 0.3) is 0 Å². The summed E-state index contributed by atoms with van der Waals surface area (Å²) in [5, 5.41) is 14.0. The Balaban J connectivity index is 2.79. The van der Waals surface area contributed by atoms with Crippen molar-refractivity contribution in [3.05, 3.63) is 35.9 Å². The van der Waals surface area contributed by atoms with E-state index in [1.165, 1.54) is 6.92 Å². The van der Waals surface area contributed by atoms with Gasteiger partial charge in [0.15, 0.2) is 0 Å². The van der Waals surface area contributed by atoms with Crippen molar-refractivity contribution in [1.82, 2.24) is 10.6 Å². The normalized spacial score (nSPS) is 13.0. The van der Waals surface area contributed by atoms with E-state index < -0.39 is 24.0 Å². The first kappa shape index (κ1) is 16.7. The number of hydrogen-bond acceptors (Lipinski definition) is 3. The average Bonchev–Trinajstić information content (AvgIpc) is 2.44. The van der Waals surface area contributed by atoms with Gasteiger partial charge in [-0.05, 0) is 12.0 Å². The molecule has 0 radical (unpaired) electrons. The number of benzene rings is 1. The van der Waals surface area contributed by atoms with Crippen LogP contribution in [0.2, 0.25) is 0 Å². The van der Waals surface area contributed by atoms with Crippen LogP contribution in [0.3, 0.4) is 0 Å². The third-order valence-electron chi connectivity index (χ3n) is 3.00. The zero-order valence-corrected chi connectivity index (χ0v) is 12.1. The van der Waals surface area contributed by atoms with E-state index in [0.717, 1.165) is 5.56 Å². The number of carbonyl (C=O) groups excluding carboxylic acids is 2. The molecule has 0 heterocycles. The van der Waals surface area contributed by atoms with Crippen LogP contribution in [0.25, 0.3) is 0 Å². The molecule has 0 aromatic heterocycles. The fourth-order valence-electron chi connectivity index (χ4n) is 1.92. The largest absolute Gasteiger partial charge is 0.480 e. The number of nitrogens with one attached hydrogen (secondary N) is 2. The molecule has 0 bridgehead atoms. The quantitative estimate of drug-likeness (QED) is 0.690. The lowest BCUT2D eigenvalue weighted by Gasteiger charge is -2.20. The zero-order valence-electron chi connectivity index (χ0n) is 12.1. The van der Waals surface area contributed by atoms with Crippen LogP contribution < -0.4 is 10.6 Å². The lowest BCUT2D eigenvalue weighted by molar-refractivity contribution is -0.142. The van der Waals surface area contributed by atoms with E-state index in [4.69, 9.17) is 5.11 Å². The van der Waals surface area contributed by atoms with Crippen molar-refractivity contribution in [3.8, 4) is 0 Å². The minimum atomic E-state index is -1.09. The summed E-state index contributed by atoms with van der Waals surface area (Å²) < 4.78 is 0. The smallest absolute Gasteiger partial charge is 0.326 e. The zero-order chi connectivity index (χ0) is 15.8. The van der Waals surface area contributed by atoms with E-state index in [1.54, 1.807) is 6.92 Å². The van der Waals surface area contributed by atoms with Crippen LogP contribution in [-0.4, -0.2) is 35.0 Å². The second kappa shape index (κ2) is 8.04. The third kappa shape index (κ3) is 5.64. The van der Waals surface area contributed by atoms with Gasteiger partial charge in [-0.1, -0.05) is 37.3 Å². The van der Waals surface area contributed by atoms with E-state index in [9.17, 15) is 14.4 Å². The minimum absolute atomic E-state index is 0.277. The molecule has 2 amide bonds. The third-order valence-corrected chi connectivity index (χ3v) is 3.00. The summed E-state index contributed by atoms with van der Waals surface area (Å²) in [4.78, 5) is 34.4. The van der Waals surface area contributed by atoms with Gasteiger partial charge in [0.1, 0.15) is 12.1 Å². The Labute approximate surface area is 123 Å². The predicted octanol–water partition coefficient (Wildman–Crippen LogP) is 0.713. The van der Waals surface area contributed by atoms with E-state index in [2.05, 4.69) is 10.6 Å². The molecule has 0 spiro atoms. The highest BCUT2D eigenvalue weighted by Gasteiger charge is 2.24. The maximum absolute atomic E-state index is 12.2. The van der Waals surface area contributed by atoms with Gasteiger partial charge in [0.05, 0.1) is 0 Å². The van der Waals surface area contributed by atoms with Crippen LogP contribution in [0.4, 0.5) is 0 Å². The maximum Gasteiger partial charge on any atom is 0.326 e. The van der Waals surface area contributed by atoms with Crippen molar-refractivity contribution >= 4 is 17.8 Å². The average molecular weight is 292 g/mol. The minimum Gasteiger partial charge on any atom is -0.480 e. The molecule has 21 heavy (non-hydrogen) atoms. The molecule has 0 fully saturated rings. The van der Waals surface area contributed by atoms with Crippen molar-refractivity contribution in [2.24, 2.45) is 0 Å². The molecular weight excluding hydrogens is 272 g/mol. The number of carbonyl (C=O) groups is 3. The molecule has 0 aliphatic rings. The lowest BCUT2D eigenvalue weighted by atomic mass is 10.0. The summed E-state index contributed by atoms with van der Waals surface area (Å²) in [6.45, 7) is 2.99. The number of amides is 2. The molecule has 0 aliphatic carbocycles. The maximum atomic E-state index is 12.2. The van der Waals surface area contributed by atoms with E-state index in [0.29, 0.717) is 6.42 Å². The lowest BCUT2D eigenvalue weighted by Crippen LogP contribution is -2.51. The van der Waals surface area contributed by atoms with Gasteiger partial charge in [-0.25, -0.2) is 4.79 Å². The van der Waals surface area contributed by atoms with Crippen molar-refractivity contribution in [1.29, 1.82) is 0 Å². The summed E-state index contributed by atoms with van der Waals surface area (Å²) in [6.07, 6.45) is 0.585. The Morgan fingerprint density at radius 1 is 1.10 bits per heavy atom. The first-order chi connectivity index (χ1) is 9.93. The Kier molecular flexibility index (Phi) is 6.39. The predicted molar refractivity (Wildman–Crippen MR) is 77.6 cm³/mol. The second-order valence-corrected chi connectivity index (χ2v) is 4.75. The van der Waals surface area contributed by atoms with Crippen LogP contribution in [0.5, 0.6) is 0 Å². The van der Waals surface area contributed by atoms with Crippen LogP contribution in [-0.2, 0) is 20.8 Å². The molecule has 6 nitrogen and oxygen atoms in total. The van der Waals surface area contributed by atoms with Crippen molar-refractivity contribution < 1.29 is 19.5 Å². The fourth-order valence-corrected chi connectivity index (χ4v) is 1.92. The highest BCUT2D eigenvalue weighted by Crippen LogP contribution is 2.04. The van der Waals surface area contributed by atoms with E-state index in [1.807, 2.05) is 30.3 Å². The number of aliphatic carboxylic acids is 1. The van der Waals surface area contributed by atoms with Gasteiger partial charge in [0, 0.05) is 13.3 Å². The molecule has 1 aromatic carbocycles. The Morgan fingerprint density at radius 3 is 2.19 bits per heavy atom. The van der Waals surface area contributed by atoms with Gasteiger partial charge in [0.2, 0.25) is 11.8 Å². The van der Waals surface area contributed by atoms with Crippen molar-refractivity contribution in [2.75, 3.05) is 0 Å². The van der Waals surface area contributed by atoms with Crippen molar-refractivity contribution in [2.45, 2.75) is 38.8 Å². The van der Waals surface area contributed by atoms with E-state index in [-0.39, 0.29) is 12.3 Å². The van der Waals surface area contributed by atoms with Crippen LogP contribution in [0.1, 0.15) is 25.8 Å². The highest BCUT2D eigenvalue weighted by molar-refractivity contribution is 5.90. The van der Waals surface area contributed by atoms with Gasteiger partial charge in [-0.15, -0.1) is 0 Å². The number of hydrogen-bond donors (Lipinski definition) is 3. The fraction of sp³-hybridized carbons (Fsp3) is 0.400. The van der Waals surface area contributed by atoms with Crippen LogP contribution in [0.15, 0.2) is 30.3 Å². The molecule has 0 saturated carbocycles. The van der Waals surface area contributed by atoms with Gasteiger partial charge in [-0.3, -0.25) is 9.59 Å². The number of carboxylic acid groups (broad SMARTS) is 1. The molecular formula is C15H20N2O4. The molecule has 0 unspecified atom stereocenters. The first-order valence-electron chi connectivity index (χ1n) is 6.78. The SMILES string of the molecule is CC[C@H](NC(=O)[C@H](Cc1ccccc1)NC(C)=O)C(=O)O. The Bertz CT molecular complexity index is 502. The summed E-state index contributed by atoms with van der Waals surface area (Å²) in [6, 6.07) is 7.47. The number of carboxylic acids is 1. The molecule has 6 heteroatoms. The van der Waals surface area contributed by atoms with Crippen LogP contribution >= 0.6 is 0 Å². The molecule has 1 aromatic rings. The molecule has 3 N–H and O–H groups in total. The molecule has 0 saturated heterocycles. The molecule has 1 rings (SSSR count). The second-order valence-electron chi connectivity index (χ2n) is 4.75. The van der Waals surface area contributed by atoms with E-state index >= 15 is 0 Å². The summed E-state index contributed by atoms with van der Waals surface area (Å²) in [5.41, 5.74) is 0.884. The Hall–Kier alpha value is -2.37. The molecule has 2 atom stereocenters. The molecule has 114 valence electrons. The summed E-state index contributed by atoms with van der Waals surface area (Å²) in [5.74, 6) is -1.93. The van der Waals surface area contributed by atoms with Gasteiger partial charge < -0.3 is 15.7 Å². The summed E-state index contributed by atoms with van der Waals surface area (Å²) >= 11 is 0. The molecule has 0 aliphatic heterocycles. The van der Waals surface area contributed by atoms with Gasteiger partial charge >= 0.3 is 5.97 Å².